The number of esters is 1. The number of hydrogen-bond acceptors (Lipinski definition) is 4. The molecule has 0 aliphatic heterocycles. The van der Waals surface area contributed by atoms with Gasteiger partial charge >= 0.3 is 5.97 Å². The van der Waals surface area contributed by atoms with Gasteiger partial charge in [-0.1, -0.05) is 90.4 Å². The molecule has 0 saturated carbocycles. The highest BCUT2D eigenvalue weighted by atomic mass is 16.5. The van der Waals surface area contributed by atoms with Crippen LogP contribution in [0.15, 0.2) is 0 Å². The Kier molecular flexibility index (Phi) is 19.2. The van der Waals surface area contributed by atoms with Crippen LogP contribution < -0.4 is 11.5 Å². The smallest absolute Gasteiger partial charge is 0.322 e. The first-order valence-corrected chi connectivity index (χ1v) is 10.8. The highest BCUT2D eigenvalue weighted by molar-refractivity contribution is 5.75. The molecule has 0 aromatic rings. The van der Waals surface area contributed by atoms with Gasteiger partial charge in [-0.15, -0.1) is 0 Å². The minimum Gasteiger partial charge on any atom is -0.465 e. The Labute approximate surface area is 156 Å². The van der Waals surface area contributed by atoms with Crippen molar-refractivity contribution in [3.63, 3.8) is 0 Å². The van der Waals surface area contributed by atoms with Crippen LogP contribution in [-0.2, 0) is 9.53 Å². The Balaban J connectivity index is 3.17. The number of nitrogens with two attached hydrogens (primary N) is 2. The lowest BCUT2D eigenvalue weighted by Gasteiger charge is -2.10. The van der Waals surface area contributed by atoms with Crippen LogP contribution in [0.2, 0.25) is 0 Å². The zero-order valence-corrected chi connectivity index (χ0v) is 16.8. The van der Waals surface area contributed by atoms with Crippen molar-refractivity contribution in [2.24, 2.45) is 11.5 Å². The summed E-state index contributed by atoms with van der Waals surface area (Å²) in [5.41, 5.74) is 11.1. The summed E-state index contributed by atoms with van der Waals surface area (Å²) in [6.07, 6.45) is 20.0. The van der Waals surface area contributed by atoms with Gasteiger partial charge in [-0.3, -0.25) is 4.79 Å². The average Bonchev–Trinajstić information content (AvgIpc) is 2.62. The maximum Gasteiger partial charge on any atom is 0.322 e. The van der Waals surface area contributed by atoms with Gasteiger partial charge in [0.05, 0.1) is 6.61 Å². The number of hydrogen-bond donors (Lipinski definition) is 2. The molecular weight excluding hydrogens is 312 g/mol. The third kappa shape index (κ3) is 18.0. The van der Waals surface area contributed by atoms with Gasteiger partial charge in [0.1, 0.15) is 6.04 Å². The molecule has 0 bridgehead atoms. The molecule has 150 valence electrons. The van der Waals surface area contributed by atoms with Gasteiger partial charge in [0.15, 0.2) is 0 Å². The minimum absolute atomic E-state index is 0.275. The Morgan fingerprint density at radius 1 is 0.760 bits per heavy atom. The molecule has 25 heavy (non-hydrogen) atoms. The van der Waals surface area contributed by atoms with Crippen molar-refractivity contribution in [3.05, 3.63) is 0 Å². The summed E-state index contributed by atoms with van der Waals surface area (Å²) in [7, 11) is 0. The fourth-order valence-electron chi connectivity index (χ4n) is 3.03. The predicted octanol–water partition coefficient (Wildman–Crippen LogP) is 5.08. The van der Waals surface area contributed by atoms with Gasteiger partial charge in [0, 0.05) is 0 Å². The molecule has 0 saturated heterocycles. The molecule has 0 fully saturated rings. The van der Waals surface area contributed by atoms with E-state index in [0.29, 0.717) is 19.6 Å². The van der Waals surface area contributed by atoms with E-state index in [1.165, 1.54) is 77.0 Å². The lowest BCUT2D eigenvalue weighted by atomic mass is 10.0. The molecule has 0 aromatic carbocycles. The van der Waals surface area contributed by atoms with Crippen molar-refractivity contribution in [2.75, 3.05) is 13.2 Å². The molecule has 0 radical (unpaired) electrons. The highest BCUT2D eigenvalue weighted by Gasteiger charge is 2.13. The lowest BCUT2D eigenvalue weighted by molar-refractivity contribution is -0.145. The van der Waals surface area contributed by atoms with E-state index >= 15 is 0 Å². The third-order valence-electron chi connectivity index (χ3n) is 4.76. The molecule has 1 atom stereocenters. The van der Waals surface area contributed by atoms with Crippen molar-refractivity contribution < 1.29 is 9.53 Å². The van der Waals surface area contributed by atoms with Gasteiger partial charge in [0.25, 0.3) is 0 Å². The van der Waals surface area contributed by atoms with Crippen molar-refractivity contribution in [1.82, 2.24) is 0 Å². The summed E-state index contributed by atoms with van der Waals surface area (Å²) in [6.45, 7) is 3.35. The van der Waals surface area contributed by atoms with E-state index in [4.69, 9.17) is 16.2 Å². The van der Waals surface area contributed by atoms with Crippen LogP contribution in [0, 0.1) is 0 Å². The molecule has 0 rings (SSSR count). The summed E-state index contributed by atoms with van der Waals surface area (Å²) in [6, 6.07) is -0.504. The third-order valence-corrected chi connectivity index (χ3v) is 4.76. The SMILES string of the molecule is CCCCCCCCCCCCCCCCOC(=O)[C@H](N)CCCN. The van der Waals surface area contributed by atoms with Crippen LogP contribution in [0.1, 0.15) is 110 Å². The fraction of sp³-hybridized carbons (Fsp3) is 0.952. The Bertz CT molecular complexity index is 285. The molecule has 0 aliphatic rings. The Morgan fingerprint density at radius 2 is 1.20 bits per heavy atom. The summed E-state index contributed by atoms with van der Waals surface area (Å²) >= 11 is 0. The zero-order valence-electron chi connectivity index (χ0n) is 16.8. The van der Waals surface area contributed by atoms with Crippen molar-refractivity contribution in [2.45, 2.75) is 116 Å². The van der Waals surface area contributed by atoms with Gasteiger partial charge < -0.3 is 16.2 Å². The standard InChI is InChI=1S/C21H44N2O2/c1-2-3-4-5-6-7-8-9-10-11-12-13-14-15-19-25-21(24)20(23)17-16-18-22/h20H,2-19,22-23H2,1H3/t20-/m1/s1. The molecule has 4 nitrogen and oxygen atoms in total. The second-order valence-corrected chi connectivity index (χ2v) is 7.30. The lowest BCUT2D eigenvalue weighted by Crippen LogP contribution is -2.33. The van der Waals surface area contributed by atoms with Crippen LogP contribution in [0.4, 0.5) is 0 Å². The van der Waals surface area contributed by atoms with E-state index in [-0.39, 0.29) is 5.97 Å². The number of unbranched alkanes of at least 4 members (excludes halogenated alkanes) is 13. The normalized spacial score (nSPS) is 12.3. The van der Waals surface area contributed by atoms with E-state index in [1.807, 2.05) is 0 Å². The average molecular weight is 357 g/mol. The van der Waals surface area contributed by atoms with Gasteiger partial charge in [-0.25, -0.2) is 0 Å². The van der Waals surface area contributed by atoms with E-state index < -0.39 is 6.04 Å². The molecule has 0 aromatic heterocycles. The van der Waals surface area contributed by atoms with Crippen molar-refractivity contribution in [3.8, 4) is 0 Å². The van der Waals surface area contributed by atoms with Crippen LogP contribution in [0.3, 0.4) is 0 Å². The van der Waals surface area contributed by atoms with Gasteiger partial charge in [-0.05, 0) is 25.8 Å². The molecule has 4 N–H and O–H groups in total. The van der Waals surface area contributed by atoms with Crippen molar-refractivity contribution >= 4 is 5.97 Å². The predicted molar refractivity (Wildman–Crippen MR) is 108 cm³/mol. The van der Waals surface area contributed by atoms with Gasteiger partial charge in [0.2, 0.25) is 0 Å². The summed E-state index contributed by atoms with van der Waals surface area (Å²) < 4.78 is 5.20. The van der Waals surface area contributed by atoms with E-state index in [2.05, 4.69) is 6.92 Å². The monoisotopic (exact) mass is 356 g/mol. The Hall–Kier alpha value is -0.610. The first-order chi connectivity index (χ1) is 12.2. The second-order valence-electron chi connectivity index (χ2n) is 7.30. The van der Waals surface area contributed by atoms with Crippen molar-refractivity contribution in [1.29, 1.82) is 0 Å². The molecule has 0 unspecified atom stereocenters. The van der Waals surface area contributed by atoms with Crippen LogP contribution in [0.5, 0.6) is 0 Å². The molecule has 0 spiro atoms. The zero-order chi connectivity index (χ0) is 18.6. The topological polar surface area (TPSA) is 78.3 Å². The second kappa shape index (κ2) is 19.7. The molecule has 0 amide bonds. The maximum atomic E-state index is 11.6. The van der Waals surface area contributed by atoms with Crippen LogP contribution in [0.25, 0.3) is 0 Å². The van der Waals surface area contributed by atoms with E-state index in [0.717, 1.165) is 19.3 Å². The minimum atomic E-state index is -0.504. The van der Waals surface area contributed by atoms with Gasteiger partial charge in [-0.2, -0.15) is 0 Å². The molecule has 0 aliphatic carbocycles. The number of carbonyl (C=O) groups excluding carboxylic acids is 1. The largest absolute Gasteiger partial charge is 0.465 e. The fourth-order valence-corrected chi connectivity index (χ4v) is 3.03. The first kappa shape index (κ1) is 24.4. The number of carbonyl (C=O) groups is 1. The molecule has 4 heteroatoms. The summed E-state index contributed by atoms with van der Waals surface area (Å²) in [5, 5.41) is 0. The summed E-state index contributed by atoms with van der Waals surface area (Å²) in [5.74, 6) is -0.275. The Morgan fingerprint density at radius 3 is 1.64 bits per heavy atom. The quantitative estimate of drug-likeness (QED) is 0.250. The first-order valence-electron chi connectivity index (χ1n) is 10.8. The summed E-state index contributed by atoms with van der Waals surface area (Å²) in [4.78, 5) is 11.6. The van der Waals surface area contributed by atoms with Crippen LogP contribution >= 0.6 is 0 Å². The molecular formula is C21H44N2O2. The van der Waals surface area contributed by atoms with E-state index in [9.17, 15) is 4.79 Å². The number of rotatable bonds is 19. The highest BCUT2D eigenvalue weighted by Crippen LogP contribution is 2.13. The van der Waals surface area contributed by atoms with E-state index in [1.54, 1.807) is 0 Å². The maximum absolute atomic E-state index is 11.6. The number of ether oxygens (including phenoxy) is 1. The van der Waals surface area contributed by atoms with Crippen LogP contribution in [-0.4, -0.2) is 25.2 Å². The molecule has 0 heterocycles.